The predicted molar refractivity (Wildman–Crippen MR) is 76.9 cm³/mol. The van der Waals surface area contributed by atoms with Crippen LogP contribution in [0.15, 0.2) is 0 Å². The van der Waals surface area contributed by atoms with Crippen molar-refractivity contribution in [3.8, 4) is 0 Å². The van der Waals surface area contributed by atoms with Crippen molar-refractivity contribution in [2.45, 2.75) is 50.9 Å². The fourth-order valence-corrected chi connectivity index (χ4v) is 5.02. The van der Waals surface area contributed by atoms with Crippen molar-refractivity contribution in [2.75, 3.05) is 27.8 Å². The van der Waals surface area contributed by atoms with Gasteiger partial charge in [0, 0.05) is 26.1 Å². The molecule has 0 aromatic rings. The molecule has 0 N–H and O–H groups in total. The van der Waals surface area contributed by atoms with Crippen molar-refractivity contribution >= 4 is 5.97 Å². The van der Waals surface area contributed by atoms with Gasteiger partial charge in [0.15, 0.2) is 0 Å². The maximum atomic E-state index is 12.7. The number of carbonyl (C=O) groups excluding carboxylic acids is 1. The smallest absolute Gasteiger partial charge is 0.315 e. The highest BCUT2D eigenvalue weighted by Crippen LogP contribution is 2.64. The Kier molecular flexibility index (Phi) is 4.22. The number of cyclic esters (lactones) is 1. The second-order valence-corrected chi connectivity index (χ2v) is 6.98. The predicted octanol–water partition coefficient (Wildman–Crippen LogP) is 1.72. The molecule has 3 aliphatic rings. The zero-order valence-electron chi connectivity index (χ0n) is 13.8. The first kappa shape index (κ1) is 16.2. The lowest BCUT2D eigenvalue weighted by Gasteiger charge is -2.40. The van der Waals surface area contributed by atoms with Crippen molar-refractivity contribution in [2.24, 2.45) is 17.3 Å². The molecule has 3 rings (SSSR count). The van der Waals surface area contributed by atoms with E-state index in [2.05, 4.69) is 6.92 Å². The minimum absolute atomic E-state index is 0.0631. The maximum absolute atomic E-state index is 12.7. The third-order valence-electron chi connectivity index (χ3n) is 5.86. The Labute approximate surface area is 131 Å². The first-order chi connectivity index (χ1) is 10.5. The molecule has 2 aliphatic carbocycles. The largest absolute Gasteiger partial charge is 0.462 e. The summed E-state index contributed by atoms with van der Waals surface area (Å²) in [5.74, 6) is 0.193. The van der Waals surface area contributed by atoms with Crippen LogP contribution in [-0.4, -0.2) is 51.6 Å². The zero-order valence-corrected chi connectivity index (χ0v) is 13.8. The molecule has 0 radical (unpaired) electrons. The third-order valence-corrected chi connectivity index (χ3v) is 5.86. The lowest BCUT2D eigenvalue weighted by atomic mass is 9.65. The summed E-state index contributed by atoms with van der Waals surface area (Å²) in [6, 6.07) is 0. The number of esters is 1. The highest BCUT2D eigenvalue weighted by molar-refractivity contribution is 5.82. The Bertz CT molecular complexity index is 440. The van der Waals surface area contributed by atoms with Crippen LogP contribution >= 0.6 is 0 Å². The summed E-state index contributed by atoms with van der Waals surface area (Å²) in [7, 11) is 3.20. The fourth-order valence-electron chi connectivity index (χ4n) is 5.02. The van der Waals surface area contributed by atoms with Crippen LogP contribution < -0.4 is 0 Å². The lowest BCUT2D eigenvalue weighted by Crippen LogP contribution is -2.48. The van der Waals surface area contributed by atoms with Crippen LogP contribution in [0.3, 0.4) is 0 Å². The fraction of sp³-hybridized carbons (Fsp3) is 0.938. The Morgan fingerprint density at radius 3 is 2.55 bits per heavy atom. The van der Waals surface area contributed by atoms with Crippen LogP contribution in [0, 0.1) is 17.3 Å². The minimum Gasteiger partial charge on any atom is -0.462 e. The average Bonchev–Trinajstić information content (AvgIpc) is 2.81. The van der Waals surface area contributed by atoms with E-state index in [-0.39, 0.29) is 43.6 Å². The van der Waals surface area contributed by atoms with Gasteiger partial charge in [-0.3, -0.25) is 4.79 Å². The van der Waals surface area contributed by atoms with Crippen LogP contribution in [-0.2, 0) is 28.5 Å². The Balaban J connectivity index is 1.95. The molecule has 0 amide bonds. The molecule has 3 fully saturated rings. The first-order valence-electron chi connectivity index (χ1n) is 7.94. The summed E-state index contributed by atoms with van der Waals surface area (Å²) in [6.07, 6.45) is 2.27. The standard InChI is InChI=1S/C16H26O6/c1-10-11-5-6-12-13(20-8-18-3)16(11,14(17)22-10)7-15(12,2)21-9-19-4/h10-13H,5-9H2,1-4H3/t10-,11+,12-,13-,15-,16-/m1/s1. The van der Waals surface area contributed by atoms with E-state index in [0.29, 0.717) is 6.42 Å². The van der Waals surface area contributed by atoms with Gasteiger partial charge in [-0.1, -0.05) is 0 Å². The van der Waals surface area contributed by atoms with Gasteiger partial charge in [-0.05, 0) is 33.1 Å². The quantitative estimate of drug-likeness (QED) is 0.549. The van der Waals surface area contributed by atoms with Crippen molar-refractivity contribution in [3.63, 3.8) is 0 Å². The number of methoxy groups -OCH3 is 2. The Morgan fingerprint density at radius 2 is 1.86 bits per heavy atom. The van der Waals surface area contributed by atoms with Crippen LogP contribution in [0.1, 0.15) is 33.1 Å². The van der Waals surface area contributed by atoms with Gasteiger partial charge < -0.3 is 23.7 Å². The molecule has 6 atom stereocenters. The van der Waals surface area contributed by atoms with Gasteiger partial charge >= 0.3 is 5.97 Å². The van der Waals surface area contributed by atoms with Gasteiger partial charge in [-0.25, -0.2) is 0 Å². The molecule has 0 aromatic heterocycles. The SMILES string of the molecule is COCO[C@@H]1[C@H]2CC[C@H]3[C@@H](C)OC(=O)[C@@]13C[C@@]2(C)OCOC. The summed E-state index contributed by atoms with van der Waals surface area (Å²) < 4.78 is 27.7. The first-order valence-corrected chi connectivity index (χ1v) is 7.94. The second-order valence-electron chi connectivity index (χ2n) is 6.98. The van der Waals surface area contributed by atoms with E-state index in [4.69, 9.17) is 23.7 Å². The van der Waals surface area contributed by atoms with E-state index < -0.39 is 11.0 Å². The number of rotatable bonds is 6. The summed E-state index contributed by atoms with van der Waals surface area (Å²) in [5.41, 5.74) is -1.05. The van der Waals surface area contributed by atoms with E-state index in [1.165, 1.54) is 0 Å². The van der Waals surface area contributed by atoms with Gasteiger partial charge in [-0.2, -0.15) is 0 Å². The molecule has 0 aromatic carbocycles. The minimum atomic E-state index is -0.608. The Hall–Kier alpha value is -0.690. The van der Waals surface area contributed by atoms with E-state index in [1.54, 1.807) is 14.2 Å². The summed E-state index contributed by atoms with van der Waals surface area (Å²) in [6.45, 7) is 4.44. The third kappa shape index (κ3) is 2.12. The zero-order chi connectivity index (χ0) is 16.0. The highest BCUT2D eigenvalue weighted by atomic mass is 16.7. The van der Waals surface area contributed by atoms with Crippen LogP contribution in [0.25, 0.3) is 0 Å². The molecule has 2 bridgehead atoms. The maximum Gasteiger partial charge on any atom is 0.315 e. The second kappa shape index (κ2) is 5.74. The summed E-state index contributed by atoms with van der Waals surface area (Å²) >= 11 is 0. The number of ether oxygens (including phenoxy) is 5. The van der Waals surface area contributed by atoms with E-state index >= 15 is 0 Å². The molecular formula is C16H26O6. The number of carbonyl (C=O) groups is 1. The molecule has 6 nitrogen and oxygen atoms in total. The topological polar surface area (TPSA) is 63.2 Å². The number of fused-ring (bicyclic) bond motifs is 1. The van der Waals surface area contributed by atoms with Crippen LogP contribution in [0.4, 0.5) is 0 Å². The molecule has 2 saturated carbocycles. The summed E-state index contributed by atoms with van der Waals surface area (Å²) in [4.78, 5) is 12.7. The van der Waals surface area contributed by atoms with Gasteiger partial charge in [-0.15, -0.1) is 0 Å². The normalized spacial score (nSPS) is 46.6. The lowest BCUT2D eigenvalue weighted by molar-refractivity contribution is -0.175. The van der Waals surface area contributed by atoms with E-state index in [0.717, 1.165) is 12.8 Å². The molecule has 126 valence electrons. The van der Waals surface area contributed by atoms with Crippen LogP contribution in [0.2, 0.25) is 0 Å². The molecule has 1 spiro atoms. The van der Waals surface area contributed by atoms with Crippen molar-refractivity contribution in [1.82, 2.24) is 0 Å². The molecular weight excluding hydrogens is 288 g/mol. The van der Waals surface area contributed by atoms with Gasteiger partial charge in [0.25, 0.3) is 0 Å². The van der Waals surface area contributed by atoms with Crippen LogP contribution in [0.5, 0.6) is 0 Å². The molecule has 0 unspecified atom stereocenters. The molecule has 1 saturated heterocycles. The van der Waals surface area contributed by atoms with Crippen molar-refractivity contribution < 1.29 is 28.5 Å². The van der Waals surface area contributed by atoms with Crippen molar-refractivity contribution in [1.29, 1.82) is 0 Å². The average molecular weight is 314 g/mol. The molecule has 6 heteroatoms. The van der Waals surface area contributed by atoms with Gasteiger partial charge in [0.05, 0.1) is 11.7 Å². The van der Waals surface area contributed by atoms with E-state index in [1.807, 2.05) is 6.92 Å². The van der Waals surface area contributed by atoms with E-state index in [9.17, 15) is 4.79 Å². The highest BCUT2D eigenvalue weighted by Gasteiger charge is 2.73. The van der Waals surface area contributed by atoms with Gasteiger partial charge in [0.1, 0.15) is 25.1 Å². The number of hydrogen-bond acceptors (Lipinski definition) is 6. The number of hydrogen-bond donors (Lipinski definition) is 0. The van der Waals surface area contributed by atoms with Gasteiger partial charge in [0.2, 0.25) is 0 Å². The molecule has 22 heavy (non-hydrogen) atoms. The monoisotopic (exact) mass is 314 g/mol. The molecule has 1 heterocycles. The molecule has 1 aliphatic heterocycles. The Morgan fingerprint density at radius 1 is 1.18 bits per heavy atom. The summed E-state index contributed by atoms with van der Waals surface area (Å²) in [5, 5.41) is 0. The van der Waals surface area contributed by atoms with Crippen molar-refractivity contribution in [3.05, 3.63) is 0 Å².